The summed E-state index contributed by atoms with van der Waals surface area (Å²) in [4.78, 5) is 42.5. The molecule has 3 aromatic rings. The molecule has 2 heterocycles. The van der Waals surface area contributed by atoms with Gasteiger partial charge in [-0.05, 0) is 38.5 Å². The first-order valence-corrected chi connectivity index (χ1v) is 10.7. The van der Waals surface area contributed by atoms with Gasteiger partial charge in [0.15, 0.2) is 0 Å². The van der Waals surface area contributed by atoms with Crippen LogP contribution >= 0.6 is 11.3 Å². The van der Waals surface area contributed by atoms with Gasteiger partial charge >= 0.3 is 11.9 Å². The van der Waals surface area contributed by atoms with Crippen molar-refractivity contribution in [2.24, 2.45) is 4.99 Å². The minimum Gasteiger partial charge on any atom is -0.462 e. The number of nitrogens with zero attached hydrogens (tertiary/aromatic N) is 2. The Bertz CT molecular complexity index is 1230. The van der Waals surface area contributed by atoms with Crippen molar-refractivity contribution in [3.05, 3.63) is 80.6 Å². The number of benzene rings is 1. The monoisotopic (exact) mass is 453 g/mol. The van der Waals surface area contributed by atoms with Gasteiger partial charge in [0.1, 0.15) is 22.0 Å². The van der Waals surface area contributed by atoms with Crippen LogP contribution in [0.2, 0.25) is 0 Å². The van der Waals surface area contributed by atoms with Crippen LogP contribution < -0.4 is 5.56 Å². The number of esters is 2. The third-order valence-electron chi connectivity index (χ3n) is 4.57. The standard InChI is InChI=1S/C23H23N3O5S/c1-5-12-31-23(29)19-14(3)18(22(28)30-6-2)20(32-19)24-13-17-15(4)25-26(21(17)27)16-10-8-7-9-11-16/h5,7-11,13,25H,1,6,12H2,2-4H3. The predicted molar refractivity (Wildman–Crippen MR) is 124 cm³/mol. The van der Waals surface area contributed by atoms with E-state index in [0.717, 1.165) is 11.3 Å². The minimum atomic E-state index is -0.594. The Morgan fingerprint density at radius 1 is 1.19 bits per heavy atom. The first-order valence-electron chi connectivity index (χ1n) is 9.88. The average Bonchev–Trinajstić information content (AvgIpc) is 3.27. The molecule has 0 aliphatic rings. The number of hydrogen-bond acceptors (Lipinski definition) is 7. The van der Waals surface area contributed by atoms with Crippen LogP contribution in [0.15, 0.2) is 52.8 Å². The molecule has 0 atom stereocenters. The normalized spacial score (nSPS) is 11.0. The summed E-state index contributed by atoms with van der Waals surface area (Å²) in [6.07, 6.45) is 2.85. The Labute approximate surface area is 188 Å². The average molecular weight is 454 g/mol. The lowest BCUT2D eigenvalue weighted by Gasteiger charge is -2.03. The summed E-state index contributed by atoms with van der Waals surface area (Å²) in [6, 6.07) is 9.14. The van der Waals surface area contributed by atoms with Crippen LogP contribution in [-0.4, -0.2) is 41.1 Å². The van der Waals surface area contributed by atoms with Gasteiger partial charge in [0.2, 0.25) is 0 Å². The summed E-state index contributed by atoms with van der Waals surface area (Å²) >= 11 is 1.01. The van der Waals surface area contributed by atoms with Crippen molar-refractivity contribution in [1.82, 2.24) is 9.78 Å². The highest BCUT2D eigenvalue weighted by molar-refractivity contribution is 7.18. The first kappa shape index (κ1) is 23.0. The number of hydrogen-bond donors (Lipinski definition) is 1. The molecule has 1 aromatic carbocycles. The predicted octanol–water partition coefficient (Wildman–Crippen LogP) is 4.11. The second kappa shape index (κ2) is 10.1. The van der Waals surface area contributed by atoms with Crippen molar-refractivity contribution in [1.29, 1.82) is 0 Å². The quantitative estimate of drug-likeness (QED) is 0.314. The summed E-state index contributed by atoms with van der Waals surface area (Å²) in [5.41, 5.74) is 1.95. The number of ether oxygens (including phenoxy) is 2. The van der Waals surface area contributed by atoms with Crippen LogP contribution in [0.5, 0.6) is 0 Å². The fourth-order valence-electron chi connectivity index (χ4n) is 3.02. The van der Waals surface area contributed by atoms with Crippen molar-refractivity contribution < 1.29 is 19.1 Å². The highest BCUT2D eigenvalue weighted by atomic mass is 32.1. The van der Waals surface area contributed by atoms with Gasteiger partial charge in [-0.15, -0.1) is 11.3 Å². The maximum Gasteiger partial charge on any atom is 0.348 e. The van der Waals surface area contributed by atoms with Gasteiger partial charge in [0.25, 0.3) is 5.56 Å². The molecule has 9 heteroatoms. The van der Waals surface area contributed by atoms with E-state index in [2.05, 4.69) is 16.7 Å². The van der Waals surface area contributed by atoms with E-state index in [-0.39, 0.29) is 34.2 Å². The van der Waals surface area contributed by atoms with Crippen LogP contribution in [0.3, 0.4) is 0 Å². The number of rotatable bonds is 8. The second-order valence-corrected chi connectivity index (χ2v) is 7.73. The number of thiophene rings is 1. The van der Waals surface area contributed by atoms with Gasteiger partial charge in [-0.3, -0.25) is 9.89 Å². The van der Waals surface area contributed by atoms with Crippen molar-refractivity contribution >= 4 is 34.5 Å². The number of aliphatic imine (C=N–C) groups is 1. The van der Waals surface area contributed by atoms with Crippen LogP contribution in [0.4, 0.5) is 5.00 Å². The van der Waals surface area contributed by atoms with E-state index in [1.807, 2.05) is 18.2 Å². The van der Waals surface area contributed by atoms with Crippen LogP contribution in [0.1, 0.15) is 43.8 Å². The van der Waals surface area contributed by atoms with E-state index < -0.39 is 11.9 Å². The first-order chi connectivity index (χ1) is 15.4. The molecule has 0 saturated heterocycles. The van der Waals surface area contributed by atoms with Gasteiger partial charge in [0, 0.05) is 11.9 Å². The zero-order valence-corrected chi connectivity index (χ0v) is 18.8. The molecule has 0 spiro atoms. The third kappa shape index (κ3) is 4.62. The van der Waals surface area contributed by atoms with Crippen LogP contribution in [0.25, 0.3) is 5.69 Å². The van der Waals surface area contributed by atoms with Crippen molar-refractivity contribution in [3.63, 3.8) is 0 Å². The molecule has 32 heavy (non-hydrogen) atoms. The molecular formula is C23H23N3O5S. The number of H-pyrrole nitrogens is 1. The Morgan fingerprint density at radius 3 is 2.56 bits per heavy atom. The largest absolute Gasteiger partial charge is 0.462 e. The maximum atomic E-state index is 12.9. The number of nitrogens with one attached hydrogen (secondary N) is 1. The van der Waals surface area contributed by atoms with E-state index in [1.54, 1.807) is 32.9 Å². The van der Waals surface area contributed by atoms with Crippen LogP contribution in [-0.2, 0) is 9.47 Å². The summed E-state index contributed by atoms with van der Waals surface area (Å²) in [5.74, 6) is -1.17. The third-order valence-corrected chi connectivity index (χ3v) is 5.75. The fraction of sp³-hybridized carbons (Fsp3) is 0.217. The molecule has 166 valence electrons. The number of aryl methyl sites for hydroxylation is 1. The smallest absolute Gasteiger partial charge is 0.348 e. The lowest BCUT2D eigenvalue weighted by atomic mass is 10.1. The summed E-state index contributed by atoms with van der Waals surface area (Å²) < 4.78 is 11.7. The molecule has 0 aliphatic carbocycles. The topological polar surface area (TPSA) is 103 Å². The van der Waals surface area contributed by atoms with E-state index in [9.17, 15) is 14.4 Å². The molecule has 1 N–H and O–H groups in total. The lowest BCUT2D eigenvalue weighted by molar-refractivity contribution is 0.0527. The van der Waals surface area contributed by atoms with E-state index in [0.29, 0.717) is 22.5 Å². The molecule has 0 fully saturated rings. The Hall–Kier alpha value is -3.72. The highest BCUT2D eigenvalue weighted by Gasteiger charge is 2.26. The summed E-state index contributed by atoms with van der Waals surface area (Å²) in [5, 5.41) is 3.28. The van der Waals surface area contributed by atoms with Gasteiger partial charge in [-0.1, -0.05) is 30.9 Å². The molecule has 0 radical (unpaired) electrons. The van der Waals surface area contributed by atoms with E-state index >= 15 is 0 Å². The van der Waals surface area contributed by atoms with Crippen molar-refractivity contribution in [2.45, 2.75) is 20.8 Å². The highest BCUT2D eigenvalue weighted by Crippen LogP contribution is 2.36. The summed E-state index contributed by atoms with van der Waals surface area (Å²) in [6.45, 7) is 8.82. The van der Waals surface area contributed by atoms with Gasteiger partial charge in [-0.25, -0.2) is 19.3 Å². The number of aromatic amines is 1. The maximum absolute atomic E-state index is 12.9. The fourth-order valence-corrected chi connectivity index (χ4v) is 4.06. The molecule has 2 aromatic heterocycles. The molecule has 0 aliphatic heterocycles. The number of carbonyl (C=O) groups excluding carboxylic acids is 2. The number of carbonyl (C=O) groups is 2. The number of para-hydroxylation sites is 1. The molecule has 8 nitrogen and oxygen atoms in total. The molecular weight excluding hydrogens is 430 g/mol. The van der Waals surface area contributed by atoms with Gasteiger partial charge in [0.05, 0.1) is 17.9 Å². The van der Waals surface area contributed by atoms with Gasteiger partial charge < -0.3 is 9.47 Å². The number of aromatic nitrogens is 2. The van der Waals surface area contributed by atoms with Crippen LogP contribution in [0, 0.1) is 13.8 Å². The second-order valence-electron chi connectivity index (χ2n) is 6.73. The summed E-state index contributed by atoms with van der Waals surface area (Å²) in [7, 11) is 0. The Kier molecular flexibility index (Phi) is 7.21. The lowest BCUT2D eigenvalue weighted by Crippen LogP contribution is -2.17. The Morgan fingerprint density at radius 2 is 1.91 bits per heavy atom. The van der Waals surface area contributed by atoms with E-state index in [1.165, 1.54) is 17.0 Å². The molecule has 0 amide bonds. The van der Waals surface area contributed by atoms with Gasteiger partial charge in [-0.2, -0.15) is 0 Å². The molecule has 0 saturated carbocycles. The zero-order chi connectivity index (χ0) is 23.3. The van der Waals surface area contributed by atoms with Crippen molar-refractivity contribution in [3.8, 4) is 5.69 Å². The molecule has 3 rings (SSSR count). The zero-order valence-electron chi connectivity index (χ0n) is 18.0. The minimum absolute atomic E-state index is 0.0467. The van der Waals surface area contributed by atoms with E-state index in [4.69, 9.17) is 9.47 Å². The van der Waals surface area contributed by atoms with Crippen molar-refractivity contribution in [2.75, 3.05) is 13.2 Å². The Balaban J connectivity index is 2.04. The SMILES string of the molecule is C=CCOC(=O)c1sc(N=Cc2c(C)[nH]n(-c3ccccc3)c2=O)c(C(=O)OCC)c1C. The molecule has 0 bridgehead atoms. The molecule has 0 unspecified atom stereocenters.